The van der Waals surface area contributed by atoms with Crippen LogP contribution >= 0.6 is 0 Å². The van der Waals surface area contributed by atoms with Crippen molar-refractivity contribution in [1.82, 2.24) is 0 Å². The number of carbonyl (C=O) groups excluding carboxylic acids is 1. The number of ether oxygens (including phenoxy) is 2. The van der Waals surface area contributed by atoms with Crippen LogP contribution in [0, 0.1) is 0 Å². The summed E-state index contributed by atoms with van der Waals surface area (Å²) < 4.78 is 12.1. The average Bonchev–Trinajstić information content (AvgIpc) is 2.65. The molecule has 3 atom stereocenters. The van der Waals surface area contributed by atoms with Gasteiger partial charge >= 0.3 is 5.97 Å². The van der Waals surface area contributed by atoms with Crippen LogP contribution in [0.15, 0.2) is 34.4 Å². The van der Waals surface area contributed by atoms with E-state index in [1.165, 1.54) is 11.1 Å². The fraction of sp³-hybridized carbons (Fsp3) is 0.650. The molecule has 0 unspecified atom stereocenters. The Morgan fingerprint density at radius 1 is 1.17 bits per heavy atom. The lowest BCUT2D eigenvalue weighted by atomic mass is 9.89. The third kappa shape index (κ3) is 3.45. The zero-order chi connectivity index (χ0) is 16.6. The highest BCUT2D eigenvalue weighted by Gasteiger charge is 2.35. The van der Waals surface area contributed by atoms with E-state index in [0.717, 1.165) is 49.7 Å². The lowest BCUT2D eigenvalue weighted by Gasteiger charge is -2.33. The third-order valence-electron chi connectivity index (χ3n) is 5.60. The highest BCUT2D eigenvalue weighted by atomic mass is 16.5. The fourth-order valence-corrected chi connectivity index (χ4v) is 3.89. The summed E-state index contributed by atoms with van der Waals surface area (Å²) in [5, 5.41) is 0. The van der Waals surface area contributed by atoms with E-state index in [2.05, 4.69) is 32.9 Å². The van der Waals surface area contributed by atoms with Crippen molar-refractivity contribution >= 4 is 5.97 Å². The number of fused-ring (bicyclic) bond motifs is 3. The quantitative estimate of drug-likeness (QED) is 0.483. The molecule has 0 aromatic carbocycles. The first-order valence-electron chi connectivity index (χ1n) is 8.80. The molecular formula is C20H28O3. The van der Waals surface area contributed by atoms with Gasteiger partial charge in [-0.3, -0.25) is 0 Å². The van der Waals surface area contributed by atoms with Gasteiger partial charge in [-0.25, -0.2) is 4.79 Å². The lowest BCUT2D eigenvalue weighted by Crippen LogP contribution is -2.33. The van der Waals surface area contributed by atoms with Crippen LogP contribution in [-0.4, -0.2) is 23.8 Å². The second-order valence-electron chi connectivity index (χ2n) is 7.57. The van der Waals surface area contributed by atoms with Crippen LogP contribution in [0.3, 0.4) is 0 Å². The molecule has 0 fully saturated rings. The van der Waals surface area contributed by atoms with Crippen molar-refractivity contribution < 1.29 is 14.3 Å². The zero-order valence-electron chi connectivity index (χ0n) is 14.8. The van der Waals surface area contributed by atoms with Gasteiger partial charge in [-0.05, 0) is 83.4 Å². The van der Waals surface area contributed by atoms with E-state index in [4.69, 9.17) is 9.47 Å². The molecule has 3 aliphatic heterocycles. The maximum absolute atomic E-state index is 12.0. The van der Waals surface area contributed by atoms with E-state index < -0.39 is 0 Å². The lowest BCUT2D eigenvalue weighted by molar-refractivity contribution is -0.138. The molecule has 0 spiro atoms. The van der Waals surface area contributed by atoms with Gasteiger partial charge in [-0.1, -0.05) is 11.6 Å². The number of carbonyl (C=O) groups is 1. The second-order valence-corrected chi connectivity index (χ2v) is 7.57. The molecule has 23 heavy (non-hydrogen) atoms. The minimum absolute atomic E-state index is 0.124. The van der Waals surface area contributed by atoms with Crippen molar-refractivity contribution in [3.05, 3.63) is 34.4 Å². The van der Waals surface area contributed by atoms with Gasteiger partial charge in [0.2, 0.25) is 0 Å². The zero-order valence-corrected chi connectivity index (χ0v) is 14.8. The Labute approximate surface area is 139 Å². The predicted molar refractivity (Wildman–Crippen MR) is 91.1 cm³/mol. The Morgan fingerprint density at radius 3 is 2.74 bits per heavy atom. The van der Waals surface area contributed by atoms with Gasteiger partial charge in [0.1, 0.15) is 6.10 Å². The molecule has 0 aromatic rings. The average molecular weight is 316 g/mol. The summed E-state index contributed by atoms with van der Waals surface area (Å²) in [7, 11) is 0. The molecule has 126 valence electrons. The molecule has 2 bridgehead atoms. The Kier molecular flexibility index (Phi) is 4.50. The second kappa shape index (κ2) is 6.27. The van der Waals surface area contributed by atoms with E-state index in [1.54, 1.807) is 0 Å². The molecule has 0 aromatic heterocycles. The van der Waals surface area contributed by atoms with Gasteiger partial charge in [-0.15, -0.1) is 0 Å². The van der Waals surface area contributed by atoms with Crippen molar-refractivity contribution in [2.45, 2.75) is 84.0 Å². The van der Waals surface area contributed by atoms with Crippen molar-refractivity contribution in [3.8, 4) is 0 Å². The normalized spacial score (nSPS) is 37.8. The first-order valence-corrected chi connectivity index (χ1v) is 8.80. The number of allylic oxidation sites excluding steroid dienone is 2. The minimum atomic E-state index is -0.164. The monoisotopic (exact) mass is 316 g/mol. The smallest absolute Gasteiger partial charge is 0.334 e. The van der Waals surface area contributed by atoms with Crippen molar-refractivity contribution in [1.29, 1.82) is 0 Å². The van der Waals surface area contributed by atoms with Crippen LogP contribution in [-0.2, 0) is 14.3 Å². The molecule has 0 saturated carbocycles. The van der Waals surface area contributed by atoms with Gasteiger partial charge in [0.15, 0.2) is 0 Å². The molecule has 3 aliphatic rings. The molecule has 0 radical (unpaired) electrons. The summed E-state index contributed by atoms with van der Waals surface area (Å²) in [6, 6.07) is 0. The van der Waals surface area contributed by atoms with Crippen LogP contribution in [0.1, 0.15) is 66.2 Å². The predicted octanol–water partition coefficient (Wildman–Crippen LogP) is 4.63. The maximum Gasteiger partial charge on any atom is 0.334 e. The number of hydrogen-bond donors (Lipinski definition) is 0. The Bertz CT molecular complexity index is 596. The van der Waals surface area contributed by atoms with Gasteiger partial charge in [0, 0.05) is 5.57 Å². The number of hydrogen-bond acceptors (Lipinski definition) is 3. The summed E-state index contributed by atoms with van der Waals surface area (Å²) >= 11 is 0. The van der Waals surface area contributed by atoms with Crippen molar-refractivity contribution in [2.24, 2.45) is 0 Å². The largest absolute Gasteiger partial charge is 0.450 e. The van der Waals surface area contributed by atoms with E-state index in [0.29, 0.717) is 0 Å². The van der Waals surface area contributed by atoms with Gasteiger partial charge < -0.3 is 9.47 Å². The van der Waals surface area contributed by atoms with E-state index >= 15 is 0 Å². The topological polar surface area (TPSA) is 35.5 Å². The van der Waals surface area contributed by atoms with Gasteiger partial charge in [-0.2, -0.15) is 0 Å². The summed E-state index contributed by atoms with van der Waals surface area (Å²) in [6.07, 6.45) is 10.4. The van der Waals surface area contributed by atoms with Crippen molar-refractivity contribution in [3.63, 3.8) is 0 Å². The van der Waals surface area contributed by atoms with Crippen LogP contribution < -0.4 is 0 Å². The molecule has 3 rings (SSSR count). The fourth-order valence-electron chi connectivity index (χ4n) is 3.89. The SMILES string of the molecule is CC1=CCC[C@]2(C)CCC3=C(C)C(=O)O[C@H]3/C=C(\C)CC[C@@H]1O2. The molecule has 0 saturated heterocycles. The van der Waals surface area contributed by atoms with Crippen molar-refractivity contribution in [2.75, 3.05) is 0 Å². The summed E-state index contributed by atoms with van der Waals surface area (Å²) in [5.74, 6) is -0.159. The highest BCUT2D eigenvalue weighted by molar-refractivity contribution is 5.92. The standard InChI is InChI=1S/C20H28O3/c1-13-7-8-17-14(2)6-5-10-20(4,23-17)11-9-16-15(3)19(21)22-18(16)12-13/h6,12,17-18H,5,7-11H2,1-4H3/b13-12+/t17-,18-,20+/m0/s1. The summed E-state index contributed by atoms with van der Waals surface area (Å²) in [4.78, 5) is 12.0. The van der Waals surface area contributed by atoms with E-state index in [9.17, 15) is 4.79 Å². The third-order valence-corrected chi connectivity index (χ3v) is 5.60. The molecule has 0 aliphatic carbocycles. The summed E-state index contributed by atoms with van der Waals surface area (Å²) in [5.41, 5.74) is 4.45. The molecule has 3 heterocycles. The van der Waals surface area contributed by atoms with Crippen LogP contribution in [0.25, 0.3) is 0 Å². The summed E-state index contributed by atoms with van der Waals surface area (Å²) in [6.45, 7) is 8.45. The molecular weight excluding hydrogens is 288 g/mol. The van der Waals surface area contributed by atoms with Crippen LogP contribution in [0.4, 0.5) is 0 Å². The van der Waals surface area contributed by atoms with Gasteiger partial charge in [0.25, 0.3) is 0 Å². The van der Waals surface area contributed by atoms with Gasteiger partial charge in [0.05, 0.1) is 11.7 Å². The molecule has 3 nitrogen and oxygen atoms in total. The van der Waals surface area contributed by atoms with Crippen LogP contribution in [0.2, 0.25) is 0 Å². The first-order chi connectivity index (χ1) is 10.9. The minimum Gasteiger partial charge on any atom is -0.450 e. The molecule has 0 N–H and O–H groups in total. The van der Waals surface area contributed by atoms with E-state index in [1.807, 2.05) is 6.92 Å². The Hall–Kier alpha value is -1.35. The maximum atomic E-state index is 12.0. The first kappa shape index (κ1) is 16.5. The molecule has 3 heteroatoms. The van der Waals surface area contributed by atoms with Crippen LogP contribution in [0.5, 0.6) is 0 Å². The Morgan fingerprint density at radius 2 is 1.96 bits per heavy atom. The number of esters is 1. The number of rotatable bonds is 0. The molecule has 0 amide bonds. The Balaban J connectivity index is 1.92. The highest BCUT2D eigenvalue weighted by Crippen LogP contribution is 2.37. The van der Waals surface area contributed by atoms with E-state index in [-0.39, 0.29) is 23.8 Å².